The number of rotatable bonds is 6. The van der Waals surface area contributed by atoms with Gasteiger partial charge < -0.3 is 10.6 Å². The van der Waals surface area contributed by atoms with Crippen molar-refractivity contribution in [2.75, 3.05) is 11.9 Å². The van der Waals surface area contributed by atoms with E-state index in [2.05, 4.69) is 38.5 Å². The van der Waals surface area contributed by atoms with Gasteiger partial charge in [-0.2, -0.15) is 0 Å². The van der Waals surface area contributed by atoms with Crippen molar-refractivity contribution in [3.05, 3.63) is 57.8 Å². The lowest BCUT2D eigenvalue weighted by molar-refractivity contribution is 0.0953. The van der Waals surface area contributed by atoms with Gasteiger partial charge in [0.15, 0.2) is 0 Å². The molecular formula is C18H20BrN3O2. The van der Waals surface area contributed by atoms with Gasteiger partial charge in [-0.15, -0.1) is 0 Å². The van der Waals surface area contributed by atoms with Crippen LogP contribution in [0.15, 0.2) is 41.0 Å². The topological polar surface area (TPSA) is 71.1 Å². The molecule has 0 aliphatic heterocycles. The Bertz CT molecular complexity index is 747. The highest BCUT2D eigenvalue weighted by Crippen LogP contribution is 2.20. The predicted molar refractivity (Wildman–Crippen MR) is 98.3 cm³/mol. The average molecular weight is 390 g/mol. The standard InChI is InChI=1S/C18H20BrN3O2/c1-3-4-8-21-17(23)13-7-9-20-16(11-13)18(24)22-14-5-6-15(19)12(2)10-14/h5-7,9-11H,3-4,8H2,1-2H3,(H,21,23)(H,22,24). The van der Waals surface area contributed by atoms with E-state index < -0.39 is 0 Å². The molecular weight excluding hydrogens is 370 g/mol. The van der Waals surface area contributed by atoms with Crippen LogP contribution in [-0.2, 0) is 0 Å². The number of aryl methyl sites for hydroxylation is 1. The van der Waals surface area contributed by atoms with Gasteiger partial charge in [-0.3, -0.25) is 14.6 Å². The number of halogens is 1. The molecule has 2 aromatic rings. The summed E-state index contributed by atoms with van der Waals surface area (Å²) in [5, 5.41) is 5.62. The number of hydrogen-bond acceptors (Lipinski definition) is 3. The molecule has 5 nitrogen and oxygen atoms in total. The molecule has 1 heterocycles. The van der Waals surface area contributed by atoms with Gasteiger partial charge in [-0.05, 0) is 49.2 Å². The van der Waals surface area contributed by atoms with Crippen molar-refractivity contribution >= 4 is 33.4 Å². The van der Waals surface area contributed by atoms with Gasteiger partial charge >= 0.3 is 0 Å². The largest absolute Gasteiger partial charge is 0.352 e. The molecule has 2 amide bonds. The Morgan fingerprint density at radius 3 is 2.67 bits per heavy atom. The quantitative estimate of drug-likeness (QED) is 0.735. The Balaban J connectivity index is 2.08. The molecule has 0 unspecified atom stereocenters. The first-order valence-electron chi connectivity index (χ1n) is 7.83. The number of unbranched alkanes of at least 4 members (excludes halogenated alkanes) is 1. The molecule has 0 radical (unpaired) electrons. The summed E-state index contributed by atoms with van der Waals surface area (Å²) in [4.78, 5) is 28.4. The Morgan fingerprint density at radius 2 is 1.96 bits per heavy atom. The summed E-state index contributed by atoms with van der Waals surface area (Å²) < 4.78 is 0.976. The van der Waals surface area contributed by atoms with Crippen LogP contribution in [0.25, 0.3) is 0 Å². The van der Waals surface area contributed by atoms with Gasteiger partial charge in [0.05, 0.1) is 0 Å². The number of carbonyl (C=O) groups excluding carboxylic acids is 2. The minimum absolute atomic E-state index is 0.195. The third-order valence-electron chi connectivity index (χ3n) is 3.49. The molecule has 0 aliphatic carbocycles. The van der Waals surface area contributed by atoms with Gasteiger partial charge in [-0.1, -0.05) is 29.3 Å². The molecule has 2 rings (SSSR count). The number of anilines is 1. The molecule has 6 heteroatoms. The van der Waals surface area contributed by atoms with Crippen LogP contribution < -0.4 is 10.6 Å². The molecule has 0 atom stereocenters. The van der Waals surface area contributed by atoms with Crippen molar-refractivity contribution in [1.82, 2.24) is 10.3 Å². The molecule has 1 aromatic heterocycles. The summed E-state index contributed by atoms with van der Waals surface area (Å²) in [5.41, 5.74) is 2.34. The number of amides is 2. The fourth-order valence-corrected chi connectivity index (χ4v) is 2.34. The van der Waals surface area contributed by atoms with E-state index >= 15 is 0 Å². The van der Waals surface area contributed by atoms with Crippen LogP contribution in [0.1, 0.15) is 46.2 Å². The van der Waals surface area contributed by atoms with E-state index in [9.17, 15) is 9.59 Å². The van der Waals surface area contributed by atoms with E-state index in [-0.39, 0.29) is 17.5 Å². The number of carbonyl (C=O) groups is 2. The van der Waals surface area contributed by atoms with Crippen LogP contribution in [-0.4, -0.2) is 23.3 Å². The second kappa shape index (κ2) is 8.59. The average Bonchev–Trinajstić information content (AvgIpc) is 2.58. The first-order chi connectivity index (χ1) is 11.5. The van der Waals surface area contributed by atoms with Gasteiger partial charge in [0.1, 0.15) is 5.69 Å². The number of aromatic nitrogens is 1. The molecule has 0 saturated carbocycles. The minimum atomic E-state index is -0.347. The van der Waals surface area contributed by atoms with Gasteiger partial charge in [0.25, 0.3) is 11.8 Å². The van der Waals surface area contributed by atoms with E-state index in [0.29, 0.717) is 17.8 Å². The zero-order chi connectivity index (χ0) is 17.5. The van der Waals surface area contributed by atoms with Crippen molar-refractivity contribution in [3.63, 3.8) is 0 Å². The maximum atomic E-state index is 12.3. The van der Waals surface area contributed by atoms with E-state index in [1.807, 2.05) is 19.1 Å². The normalized spacial score (nSPS) is 10.3. The second-order valence-electron chi connectivity index (χ2n) is 5.46. The van der Waals surface area contributed by atoms with Crippen molar-refractivity contribution in [2.24, 2.45) is 0 Å². The van der Waals surface area contributed by atoms with Crippen LogP contribution in [0.3, 0.4) is 0 Å². The molecule has 0 fully saturated rings. The molecule has 0 bridgehead atoms. The van der Waals surface area contributed by atoms with E-state index in [4.69, 9.17) is 0 Å². The third-order valence-corrected chi connectivity index (χ3v) is 4.38. The first-order valence-corrected chi connectivity index (χ1v) is 8.62. The van der Waals surface area contributed by atoms with Gasteiger partial charge in [0.2, 0.25) is 0 Å². The van der Waals surface area contributed by atoms with E-state index in [0.717, 1.165) is 22.9 Å². The number of benzene rings is 1. The lowest BCUT2D eigenvalue weighted by Gasteiger charge is -2.08. The van der Waals surface area contributed by atoms with Crippen LogP contribution in [0.5, 0.6) is 0 Å². The number of nitrogens with zero attached hydrogens (tertiary/aromatic N) is 1. The molecule has 0 spiro atoms. The zero-order valence-corrected chi connectivity index (χ0v) is 15.3. The molecule has 2 N–H and O–H groups in total. The number of hydrogen-bond donors (Lipinski definition) is 2. The van der Waals surface area contributed by atoms with Crippen molar-refractivity contribution < 1.29 is 9.59 Å². The van der Waals surface area contributed by atoms with E-state index in [1.165, 1.54) is 12.3 Å². The monoisotopic (exact) mass is 389 g/mol. The molecule has 0 aliphatic rings. The SMILES string of the molecule is CCCCNC(=O)c1ccnc(C(=O)Nc2ccc(Br)c(C)c2)c1. The Labute approximate surface area is 150 Å². The van der Waals surface area contributed by atoms with Crippen molar-refractivity contribution in [3.8, 4) is 0 Å². The molecule has 0 saturated heterocycles. The highest BCUT2D eigenvalue weighted by atomic mass is 79.9. The predicted octanol–water partition coefficient (Wildman–Crippen LogP) is 3.93. The van der Waals surface area contributed by atoms with Crippen LogP contribution in [0, 0.1) is 6.92 Å². The van der Waals surface area contributed by atoms with Crippen LogP contribution >= 0.6 is 15.9 Å². The van der Waals surface area contributed by atoms with E-state index in [1.54, 1.807) is 12.1 Å². The fraction of sp³-hybridized carbons (Fsp3) is 0.278. The zero-order valence-electron chi connectivity index (χ0n) is 13.7. The molecule has 24 heavy (non-hydrogen) atoms. The van der Waals surface area contributed by atoms with Crippen LogP contribution in [0.4, 0.5) is 5.69 Å². The molecule has 126 valence electrons. The Hall–Kier alpha value is -2.21. The fourth-order valence-electron chi connectivity index (χ4n) is 2.09. The lowest BCUT2D eigenvalue weighted by Crippen LogP contribution is -2.25. The Morgan fingerprint density at radius 1 is 1.17 bits per heavy atom. The lowest BCUT2D eigenvalue weighted by atomic mass is 10.2. The maximum Gasteiger partial charge on any atom is 0.274 e. The number of pyridine rings is 1. The highest BCUT2D eigenvalue weighted by molar-refractivity contribution is 9.10. The van der Waals surface area contributed by atoms with Crippen molar-refractivity contribution in [1.29, 1.82) is 0 Å². The van der Waals surface area contributed by atoms with Crippen molar-refractivity contribution in [2.45, 2.75) is 26.7 Å². The summed E-state index contributed by atoms with van der Waals surface area (Å²) in [6.07, 6.45) is 3.40. The van der Waals surface area contributed by atoms with Gasteiger partial charge in [0, 0.05) is 28.5 Å². The van der Waals surface area contributed by atoms with Crippen LogP contribution in [0.2, 0.25) is 0 Å². The summed E-state index contributed by atoms with van der Waals surface area (Å²) >= 11 is 3.42. The highest BCUT2D eigenvalue weighted by Gasteiger charge is 2.12. The first kappa shape index (κ1) is 18.1. The summed E-state index contributed by atoms with van der Waals surface area (Å²) in [6, 6.07) is 8.64. The molecule has 1 aromatic carbocycles. The second-order valence-corrected chi connectivity index (χ2v) is 6.31. The smallest absolute Gasteiger partial charge is 0.274 e. The van der Waals surface area contributed by atoms with Gasteiger partial charge in [-0.25, -0.2) is 0 Å². The summed E-state index contributed by atoms with van der Waals surface area (Å²) in [6.45, 7) is 4.63. The summed E-state index contributed by atoms with van der Waals surface area (Å²) in [7, 11) is 0. The third kappa shape index (κ3) is 4.89. The Kier molecular flexibility index (Phi) is 6.49. The number of nitrogens with one attached hydrogen (secondary N) is 2. The summed E-state index contributed by atoms with van der Waals surface area (Å²) in [5.74, 6) is -0.542. The maximum absolute atomic E-state index is 12.3. The minimum Gasteiger partial charge on any atom is -0.352 e.